The van der Waals surface area contributed by atoms with Gasteiger partial charge in [-0.15, -0.1) is 0 Å². The normalized spacial score (nSPS) is 13.9. The first-order valence-electron chi connectivity index (χ1n) is 11.2. The Morgan fingerprint density at radius 2 is 1.78 bits per heavy atom. The highest BCUT2D eigenvalue weighted by Gasteiger charge is 2.32. The number of rotatable bonds is 5. The minimum atomic E-state index is -4.66. The lowest BCUT2D eigenvalue weighted by Gasteiger charge is -2.34. The van der Waals surface area contributed by atoms with Crippen LogP contribution in [-0.4, -0.2) is 65.1 Å². The smallest absolute Gasteiger partial charge is 0.433 e. The molecule has 0 unspecified atom stereocenters. The summed E-state index contributed by atoms with van der Waals surface area (Å²) in [4.78, 5) is 39.2. The van der Waals surface area contributed by atoms with Crippen LogP contribution in [0, 0.1) is 5.82 Å². The quantitative estimate of drug-likeness (QED) is 0.516. The maximum absolute atomic E-state index is 14.6. The van der Waals surface area contributed by atoms with E-state index in [0.29, 0.717) is 43.1 Å². The number of nitrogens with zero attached hydrogens (tertiary/aromatic N) is 5. The van der Waals surface area contributed by atoms with Gasteiger partial charge in [-0.3, -0.25) is 14.8 Å². The van der Waals surface area contributed by atoms with Gasteiger partial charge in [0.1, 0.15) is 23.0 Å². The number of anilines is 1. The Bertz CT molecular complexity index is 1280. The van der Waals surface area contributed by atoms with Gasteiger partial charge in [-0.05, 0) is 35.9 Å². The average Bonchev–Trinajstić information content (AvgIpc) is 2.91. The van der Waals surface area contributed by atoms with E-state index in [1.54, 1.807) is 17.0 Å². The molecular weight excluding hydrogens is 496 g/mol. The molecule has 4 rings (SSSR count). The van der Waals surface area contributed by atoms with Crippen molar-refractivity contribution in [2.24, 2.45) is 0 Å². The van der Waals surface area contributed by atoms with E-state index in [4.69, 9.17) is 4.74 Å². The summed E-state index contributed by atoms with van der Waals surface area (Å²) >= 11 is 0. The Labute approximate surface area is 209 Å². The second-order valence-electron chi connectivity index (χ2n) is 8.13. The van der Waals surface area contributed by atoms with E-state index in [9.17, 15) is 27.2 Å². The molecule has 0 bridgehead atoms. The van der Waals surface area contributed by atoms with Crippen LogP contribution in [0.1, 0.15) is 21.6 Å². The lowest BCUT2D eigenvalue weighted by atomic mass is 10.1. The lowest BCUT2D eigenvalue weighted by molar-refractivity contribution is -0.141. The van der Waals surface area contributed by atoms with Gasteiger partial charge in [0.25, 0.3) is 5.91 Å². The number of hydrogen-bond acceptors (Lipinski definition) is 7. The van der Waals surface area contributed by atoms with Crippen LogP contribution in [-0.2, 0) is 17.5 Å². The fourth-order valence-electron chi connectivity index (χ4n) is 3.76. The van der Waals surface area contributed by atoms with Crippen LogP contribution < -0.4 is 10.2 Å². The molecule has 9 nitrogen and oxygen atoms in total. The highest BCUT2D eigenvalue weighted by Crippen LogP contribution is 2.30. The van der Waals surface area contributed by atoms with Gasteiger partial charge in [0.2, 0.25) is 0 Å². The lowest BCUT2D eigenvalue weighted by Crippen LogP contribution is -2.49. The molecule has 3 aromatic rings. The predicted octanol–water partition coefficient (Wildman–Crippen LogP) is 3.51. The summed E-state index contributed by atoms with van der Waals surface area (Å²) < 4.78 is 58.0. The van der Waals surface area contributed by atoms with Gasteiger partial charge in [-0.25, -0.2) is 14.2 Å². The molecule has 0 aromatic carbocycles. The largest absolute Gasteiger partial charge is 0.453 e. The van der Waals surface area contributed by atoms with Gasteiger partial charge < -0.3 is 19.9 Å². The zero-order valence-corrected chi connectivity index (χ0v) is 19.6. The Hall–Kier alpha value is -4.29. The fraction of sp³-hybridized carbons (Fsp3) is 0.292. The predicted molar refractivity (Wildman–Crippen MR) is 124 cm³/mol. The summed E-state index contributed by atoms with van der Waals surface area (Å²) in [7, 11) is 1.33. The summed E-state index contributed by atoms with van der Waals surface area (Å²) in [5.74, 6) is -0.611. The zero-order valence-electron chi connectivity index (χ0n) is 19.6. The van der Waals surface area contributed by atoms with Crippen LogP contribution in [0.3, 0.4) is 0 Å². The van der Waals surface area contributed by atoms with E-state index < -0.39 is 23.6 Å². The molecule has 13 heteroatoms. The van der Waals surface area contributed by atoms with Crippen molar-refractivity contribution >= 4 is 17.8 Å². The van der Waals surface area contributed by atoms with Crippen LogP contribution in [0.5, 0.6) is 0 Å². The van der Waals surface area contributed by atoms with Gasteiger partial charge in [-0.1, -0.05) is 0 Å². The molecule has 1 saturated heterocycles. The SMILES string of the molecule is COC(=O)N1CCN(c2ccc(C(=O)NCc3cnc(-c4ccnc(C(F)(F)F)c4)c(F)c3)cn2)CC1. The maximum atomic E-state index is 14.6. The number of halogens is 4. The minimum absolute atomic E-state index is 0.0512. The van der Waals surface area contributed by atoms with Crippen molar-refractivity contribution in [2.45, 2.75) is 12.7 Å². The van der Waals surface area contributed by atoms with Crippen molar-refractivity contribution < 1.29 is 31.9 Å². The molecule has 0 atom stereocenters. The monoisotopic (exact) mass is 518 g/mol. The first-order valence-corrected chi connectivity index (χ1v) is 11.2. The topological polar surface area (TPSA) is 101 Å². The Morgan fingerprint density at radius 1 is 1.03 bits per heavy atom. The molecule has 0 spiro atoms. The molecular formula is C24H22F4N6O3. The van der Waals surface area contributed by atoms with Crippen molar-refractivity contribution in [3.63, 3.8) is 0 Å². The summed E-state index contributed by atoms with van der Waals surface area (Å²) in [6.45, 7) is 2.07. The molecule has 1 aliphatic rings. The van der Waals surface area contributed by atoms with Gasteiger partial charge in [0.15, 0.2) is 0 Å². The van der Waals surface area contributed by atoms with Crippen molar-refractivity contribution in [2.75, 3.05) is 38.2 Å². The third kappa shape index (κ3) is 6.11. The van der Waals surface area contributed by atoms with Crippen LogP contribution in [0.4, 0.5) is 28.2 Å². The Balaban J connectivity index is 1.35. The molecule has 0 saturated carbocycles. The molecule has 1 aliphatic heterocycles. The van der Waals surface area contributed by atoms with Crippen molar-refractivity contribution in [1.82, 2.24) is 25.2 Å². The molecule has 194 valence electrons. The van der Waals surface area contributed by atoms with Crippen molar-refractivity contribution in [3.05, 3.63) is 71.6 Å². The van der Waals surface area contributed by atoms with Gasteiger partial charge in [0.05, 0.1) is 12.7 Å². The summed E-state index contributed by atoms with van der Waals surface area (Å²) in [6, 6.07) is 6.36. The minimum Gasteiger partial charge on any atom is -0.453 e. The number of carbonyl (C=O) groups is 2. The fourth-order valence-corrected chi connectivity index (χ4v) is 3.76. The van der Waals surface area contributed by atoms with Crippen LogP contribution in [0.2, 0.25) is 0 Å². The van der Waals surface area contributed by atoms with Crippen molar-refractivity contribution in [3.8, 4) is 11.3 Å². The maximum Gasteiger partial charge on any atom is 0.433 e. The Kier molecular flexibility index (Phi) is 7.50. The number of hydrogen-bond donors (Lipinski definition) is 1. The molecule has 37 heavy (non-hydrogen) atoms. The molecule has 0 aliphatic carbocycles. The first-order chi connectivity index (χ1) is 17.7. The molecule has 2 amide bonds. The molecule has 3 aromatic heterocycles. The van der Waals surface area contributed by atoms with E-state index in [1.807, 2.05) is 4.90 Å². The van der Waals surface area contributed by atoms with E-state index >= 15 is 0 Å². The molecule has 1 N–H and O–H groups in total. The van der Waals surface area contributed by atoms with Crippen LogP contribution >= 0.6 is 0 Å². The van der Waals surface area contributed by atoms with Gasteiger partial charge >= 0.3 is 12.3 Å². The Morgan fingerprint density at radius 3 is 2.41 bits per heavy atom. The zero-order chi connectivity index (χ0) is 26.6. The van der Waals surface area contributed by atoms with Crippen molar-refractivity contribution in [1.29, 1.82) is 0 Å². The van der Waals surface area contributed by atoms with E-state index in [0.717, 1.165) is 18.3 Å². The number of pyridine rings is 3. The molecule has 1 fully saturated rings. The second-order valence-corrected chi connectivity index (χ2v) is 8.13. The number of nitrogens with one attached hydrogen (secondary N) is 1. The number of amides is 2. The molecule has 0 radical (unpaired) electrons. The molecule has 4 heterocycles. The standard InChI is InChI=1S/C24H22F4N6O3/c1-37-23(36)34-8-6-33(7-9-34)20-3-2-17(14-30-20)22(35)32-13-15-10-18(25)21(31-12-15)16-4-5-29-19(11-16)24(26,27)28/h2-5,10-12,14H,6-9,13H2,1H3,(H,32,35). The third-order valence-corrected chi connectivity index (χ3v) is 5.72. The number of methoxy groups -OCH3 is 1. The van der Waals surface area contributed by atoms with Crippen LogP contribution in [0.25, 0.3) is 11.3 Å². The third-order valence-electron chi connectivity index (χ3n) is 5.72. The number of aromatic nitrogens is 3. The highest BCUT2D eigenvalue weighted by atomic mass is 19.4. The summed E-state index contributed by atoms with van der Waals surface area (Å²) in [6.07, 6.45) is -1.40. The van der Waals surface area contributed by atoms with E-state index in [2.05, 4.69) is 20.3 Å². The summed E-state index contributed by atoms with van der Waals surface area (Å²) in [5, 5.41) is 2.64. The average molecular weight is 518 g/mol. The van der Waals surface area contributed by atoms with Gasteiger partial charge in [-0.2, -0.15) is 13.2 Å². The summed E-state index contributed by atoms with van der Waals surface area (Å²) in [5.41, 5.74) is -0.847. The number of ether oxygens (including phenoxy) is 1. The van der Waals surface area contributed by atoms with E-state index in [-0.39, 0.29) is 23.9 Å². The number of piperazine rings is 1. The number of carbonyl (C=O) groups excluding carboxylic acids is 2. The van der Waals surface area contributed by atoms with Crippen LogP contribution in [0.15, 0.2) is 48.9 Å². The number of alkyl halides is 3. The highest BCUT2D eigenvalue weighted by molar-refractivity contribution is 5.94. The first kappa shape index (κ1) is 25.8. The van der Waals surface area contributed by atoms with Gasteiger partial charge in [0, 0.05) is 56.9 Å². The second kappa shape index (κ2) is 10.8. The van der Waals surface area contributed by atoms with E-state index in [1.165, 1.54) is 25.6 Å².